The van der Waals surface area contributed by atoms with E-state index >= 15 is 0 Å². The predicted octanol–water partition coefficient (Wildman–Crippen LogP) is 2.63. The smallest absolute Gasteiger partial charge is 0.414 e. The van der Waals surface area contributed by atoms with Crippen LogP contribution >= 0.6 is 0 Å². The number of carbonyl (C=O) groups is 2. The Morgan fingerprint density at radius 2 is 1.85 bits per heavy atom. The minimum atomic E-state index is -1.82. The molecule has 0 spiro atoms. The molecule has 1 unspecified atom stereocenters. The van der Waals surface area contributed by atoms with E-state index in [0.29, 0.717) is 5.92 Å². The summed E-state index contributed by atoms with van der Waals surface area (Å²) in [5, 5.41) is 14.8. The zero-order valence-corrected chi connectivity index (χ0v) is 15.1. The van der Waals surface area contributed by atoms with E-state index in [-0.39, 0.29) is 0 Å². The molecule has 2 aliphatic rings. The van der Waals surface area contributed by atoms with Crippen LogP contribution in [0.15, 0.2) is 24.5 Å². The number of imidazole rings is 1. The van der Waals surface area contributed by atoms with Crippen molar-refractivity contribution in [3.63, 3.8) is 0 Å². The summed E-state index contributed by atoms with van der Waals surface area (Å²) in [7, 11) is 0. The monoisotopic (exact) mass is 372 g/mol. The lowest BCUT2D eigenvalue weighted by atomic mass is 9.90. The minimum Gasteiger partial charge on any atom is -0.493 e. The van der Waals surface area contributed by atoms with E-state index in [9.17, 15) is 0 Å². The number of nitrogens with zero attached hydrogens (tertiary/aromatic N) is 1. The second kappa shape index (κ2) is 8.70. The molecule has 1 aromatic carbocycles. The Morgan fingerprint density at radius 3 is 2.59 bits per heavy atom. The number of aromatic amines is 1. The maximum absolute atomic E-state index is 9.10. The normalized spacial score (nSPS) is 17.7. The van der Waals surface area contributed by atoms with Crippen LogP contribution in [0.3, 0.4) is 0 Å². The lowest BCUT2D eigenvalue weighted by Crippen LogP contribution is -2.20. The number of aliphatic carboxylic acids is 2. The van der Waals surface area contributed by atoms with Gasteiger partial charge < -0.3 is 19.9 Å². The highest BCUT2D eigenvalue weighted by Crippen LogP contribution is 2.27. The molecular weight excluding hydrogens is 348 g/mol. The second-order valence-electron chi connectivity index (χ2n) is 7.00. The first-order valence-electron chi connectivity index (χ1n) is 9.25. The van der Waals surface area contributed by atoms with Crippen molar-refractivity contribution in [1.29, 1.82) is 0 Å². The highest BCUT2D eigenvalue weighted by molar-refractivity contribution is 6.27. The largest absolute Gasteiger partial charge is 0.493 e. The maximum atomic E-state index is 9.10. The fourth-order valence-electron chi connectivity index (χ4n) is 3.63. The molecule has 1 aromatic heterocycles. The molecule has 2 aromatic rings. The molecule has 0 aliphatic heterocycles. The average molecular weight is 372 g/mol. The molecule has 0 fully saturated rings. The van der Waals surface area contributed by atoms with Gasteiger partial charge in [0.2, 0.25) is 0 Å². The van der Waals surface area contributed by atoms with Crippen molar-refractivity contribution in [3.05, 3.63) is 47.0 Å². The van der Waals surface area contributed by atoms with E-state index < -0.39 is 11.9 Å². The summed E-state index contributed by atoms with van der Waals surface area (Å²) < 4.78 is 6.07. The van der Waals surface area contributed by atoms with Crippen molar-refractivity contribution in [2.24, 2.45) is 5.92 Å². The molecule has 0 saturated carbocycles. The average Bonchev–Trinajstić information content (AvgIpc) is 3.14. The molecule has 0 saturated heterocycles. The third-order valence-electron chi connectivity index (χ3n) is 5.08. The summed E-state index contributed by atoms with van der Waals surface area (Å²) in [6.07, 6.45) is 10.3. The Morgan fingerprint density at radius 1 is 1.11 bits per heavy atom. The standard InChI is InChI=1S/C18H22N2O.C2H2O4/c1-2-4-15-10-16(7-6-14(15)3-1)21-11-13-5-8-17-18(9-13)20-12-19-17;3-1(4)2(5)6/h6-7,10,12-13H,1-5,8-9,11H2,(H,19,20);(H,3,4)(H,5,6). The van der Waals surface area contributed by atoms with Crippen molar-refractivity contribution in [2.75, 3.05) is 6.61 Å². The molecule has 2 aliphatic carbocycles. The second-order valence-corrected chi connectivity index (χ2v) is 7.00. The van der Waals surface area contributed by atoms with Gasteiger partial charge in [0.15, 0.2) is 0 Å². The van der Waals surface area contributed by atoms with Crippen LogP contribution in [0.25, 0.3) is 0 Å². The van der Waals surface area contributed by atoms with Crippen LogP contribution in [0, 0.1) is 5.92 Å². The van der Waals surface area contributed by atoms with Crippen LogP contribution in [-0.4, -0.2) is 38.7 Å². The van der Waals surface area contributed by atoms with Gasteiger partial charge in [-0.1, -0.05) is 6.07 Å². The van der Waals surface area contributed by atoms with Crippen molar-refractivity contribution in [1.82, 2.24) is 9.97 Å². The maximum Gasteiger partial charge on any atom is 0.414 e. The van der Waals surface area contributed by atoms with Crippen LogP contribution in [0.1, 0.15) is 41.8 Å². The first-order valence-corrected chi connectivity index (χ1v) is 9.25. The number of aryl methyl sites for hydroxylation is 3. The minimum absolute atomic E-state index is 0.606. The molecule has 1 atom stereocenters. The number of ether oxygens (including phenoxy) is 1. The third kappa shape index (κ3) is 5.09. The van der Waals surface area contributed by atoms with Crippen molar-refractivity contribution in [2.45, 2.75) is 44.9 Å². The lowest BCUT2D eigenvalue weighted by molar-refractivity contribution is -0.159. The van der Waals surface area contributed by atoms with E-state index in [1.807, 2.05) is 6.33 Å². The number of carboxylic acid groups (broad SMARTS) is 2. The van der Waals surface area contributed by atoms with Gasteiger partial charge in [-0.05, 0) is 74.1 Å². The Kier molecular flexibility index (Phi) is 6.11. The van der Waals surface area contributed by atoms with Gasteiger partial charge in [-0.25, -0.2) is 14.6 Å². The number of hydrogen-bond donors (Lipinski definition) is 3. The zero-order valence-electron chi connectivity index (χ0n) is 15.1. The number of aromatic nitrogens is 2. The number of nitrogens with one attached hydrogen (secondary N) is 1. The van der Waals surface area contributed by atoms with E-state index in [1.54, 1.807) is 0 Å². The molecule has 7 nitrogen and oxygen atoms in total. The first-order chi connectivity index (χ1) is 13.0. The number of benzene rings is 1. The molecular formula is C20H24N2O5. The number of hydrogen-bond acceptors (Lipinski definition) is 4. The SMILES string of the molecule is O=C(O)C(=O)O.c1nc2c([nH]1)CC(COc1ccc3c(c1)CCCC3)CC2. The fourth-order valence-corrected chi connectivity index (χ4v) is 3.63. The highest BCUT2D eigenvalue weighted by atomic mass is 16.5. The first kappa shape index (κ1) is 18.9. The Bertz CT molecular complexity index is 802. The van der Waals surface area contributed by atoms with Crippen molar-refractivity contribution < 1.29 is 24.5 Å². The van der Waals surface area contributed by atoms with E-state index in [1.165, 1.54) is 54.6 Å². The van der Waals surface area contributed by atoms with Gasteiger partial charge >= 0.3 is 11.9 Å². The van der Waals surface area contributed by atoms with Gasteiger partial charge in [-0.3, -0.25) is 0 Å². The molecule has 3 N–H and O–H groups in total. The summed E-state index contributed by atoms with van der Waals surface area (Å²) in [4.78, 5) is 25.8. The molecule has 0 amide bonds. The number of H-pyrrole nitrogens is 1. The molecule has 7 heteroatoms. The Hall–Kier alpha value is -2.83. The Labute approximate surface area is 157 Å². The number of rotatable bonds is 3. The summed E-state index contributed by atoms with van der Waals surface area (Å²) in [6, 6.07) is 6.67. The molecule has 0 bridgehead atoms. The third-order valence-corrected chi connectivity index (χ3v) is 5.08. The van der Waals surface area contributed by atoms with E-state index in [2.05, 4.69) is 28.2 Å². The predicted molar refractivity (Wildman–Crippen MR) is 98.0 cm³/mol. The summed E-state index contributed by atoms with van der Waals surface area (Å²) in [5.74, 6) is -2.00. The van der Waals surface area contributed by atoms with Crippen LogP contribution < -0.4 is 4.74 Å². The number of fused-ring (bicyclic) bond motifs is 2. The van der Waals surface area contributed by atoms with Gasteiger partial charge in [0.25, 0.3) is 0 Å². The van der Waals surface area contributed by atoms with Gasteiger partial charge in [0.05, 0.1) is 18.6 Å². The highest BCUT2D eigenvalue weighted by Gasteiger charge is 2.21. The molecule has 0 radical (unpaired) electrons. The summed E-state index contributed by atoms with van der Waals surface area (Å²) in [5.41, 5.74) is 5.58. The van der Waals surface area contributed by atoms with Crippen LogP contribution in [-0.2, 0) is 35.3 Å². The van der Waals surface area contributed by atoms with Gasteiger partial charge in [-0.2, -0.15) is 0 Å². The van der Waals surface area contributed by atoms with Gasteiger partial charge in [0.1, 0.15) is 5.75 Å². The van der Waals surface area contributed by atoms with Crippen molar-refractivity contribution in [3.8, 4) is 5.75 Å². The van der Waals surface area contributed by atoms with Crippen LogP contribution in [0.5, 0.6) is 5.75 Å². The Balaban J connectivity index is 0.000000307. The molecule has 144 valence electrons. The van der Waals surface area contributed by atoms with Crippen LogP contribution in [0.2, 0.25) is 0 Å². The molecule has 1 heterocycles. The van der Waals surface area contributed by atoms with Gasteiger partial charge in [0, 0.05) is 5.69 Å². The zero-order chi connectivity index (χ0) is 19.2. The molecule has 27 heavy (non-hydrogen) atoms. The number of carboxylic acids is 2. The summed E-state index contributed by atoms with van der Waals surface area (Å²) in [6.45, 7) is 0.817. The van der Waals surface area contributed by atoms with E-state index in [0.717, 1.165) is 25.2 Å². The van der Waals surface area contributed by atoms with E-state index in [4.69, 9.17) is 24.5 Å². The fraction of sp³-hybridized carbons (Fsp3) is 0.450. The topological polar surface area (TPSA) is 113 Å². The quantitative estimate of drug-likeness (QED) is 0.714. The van der Waals surface area contributed by atoms with Gasteiger partial charge in [-0.15, -0.1) is 0 Å². The molecule has 4 rings (SSSR count). The summed E-state index contributed by atoms with van der Waals surface area (Å²) >= 11 is 0. The lowest BCUT2D eigenvalue weighted by Gasteiger charge is -2.22. The van der Waals surface area contributed by atoms with Crippen molar-refractivity contribution >= 4 is 11.9 Å². The van der Waals surface area contributed by atoms with Crippen LogP contribution in [0.4, 0.5) is 0 Å².